The molecule has 0 saturated carbocycles. The van der Waals surface area contributed by atoms with E-state index in [1.807, 2.05) is 30.3 Å². The molecule has 0 aromatic heterocycles. The summed E-state index contributed by atoms with van der Waals surface area (Å²) in [7, 11) is 0. The highest BCUT2D eigenvalue weighted by atomic mass is 79.9. The standard InChI is InChI=1S/C13H11BrN2O2/c14-11-7-4-8-12(13(11)16(17)18)15-9-10-5-2-1-3-6-10/h1-8,15H,9H2. The number of nitrogens with one attached hydrogen (secondary N) is 1. The minimum Gasteiger partial charge on any atom is -0.375 e. The van der Waals surface area contributed by atoms with Crippen LogP contribution >= 0.6 is 15.9 Å². The summed E-state index contributed by atoms with van der Waals surface area (Å²) in [6.07, 6.45) is 0. The Morgan fingerprint density at radius 3 is 2.50 bits per heavy atom. The average molecular weight is 307 g/mol. The third-order valence-electron chi connectivity index (χ3n) is 2.50. The first kappa shape index (κ1) is 12.6. The Labute approximate surface area is 113 Å². The molecule has 0 spiro atoms. The van der Waals surface area contributed by atoms with E-state index in [4.69, 9.17) is 0 Å². The van der Waals surface area contributed by atoms with Gasteiger partial charge in [-0.3, -0.25) is 10.1 Å². The fourth-order valence-corrected chi connectivity index (χ4v) is 2.15. The van der Waals surface area contributed by atoms with Crippen molar-refractivity contribution in [3.8, 4) is 0 Å². The van der Waals surface area contributed by atoms with Gasteiger partial charge in [0.25, 0.3) is 0 Å². The number of nitro benzene ring substituents is 1. The van der Waals surface area contributed by atoms with E-state index in [1.165, 1.54) is 0 Å². The van der Waals surface area contributed by atoms with Gasteiger partial charge in [-0.15, -0.1) is 0 Å². The first-order valence-electron chi connectivity index (χ1n) is 5.39. The molecular weight excluding hydrogens is 296 g/mol. The Morgan fingerprint density at radius 2 is 1.83 bits per heavy atom. The molecule has 0 aliphatic heterocycles. The Kier molecular flexibility index (Phi) is 3.94. The molecule has 1 N–H and O–H groups in total. The van der Waals surface area contributed by atoms with Crippen LogP contribution < -0.4 is 5.32 Å². The molecule has 0 aliphatic carbocycles. The van der Waals surface area contributed by atoms with Crippen LogP contribution in [0.15, 0.2) is 53.0 Å². The molecule has 0 aliphatic rings. The summed E-state index contributed by atoms with van der Waals surface area (Å²) < 4.78 is 0.477. The van der Waals surface area contributed by atoms with Crippen molar-refractivity contribution < 1.29 is 4.92 Å². The van der Waals surface area contributed by atoms with Crippen LogP contribution in [0, 0.1) is 10.1 Å². The molecule has 0 fully saturated rings. The van der Waals surface area contributed by atoms with Gasteiger partial charge in [-0.25, -0.2) is 0 Å². The number of para-hydroxylation sites is 1. The molecule has 0 atom stereocenters. The minimum atomic E-state index is -0.391. The molecule has 0 amide bonds. The molecule has 18 heavy (non-hydrogen) atoms. The summed E-state index contributed by atoms with van der Waals surface area (Å²) in [4.78, 5) is 10.6. The van der Waals surface area contributed by atoms with Crippen molar-refractivity contribution in [2.45, 2.75) is 6.54 Å². The maximum Gasteiger partial charge on any atom is 0.306 e. The van der Waals surface area contributed by atoms with E-state index in [0.717, 1.165) is 5.56 Å². The summed E-state index contributed by atoms with van der Waals surface area (Å²) in [6, 6.07) is 14.9. The Hall–Kier alpha value is -1.88. The van der Waals surface area contributed by atoms with Gasteiger partial charge in [0, 0.05) is 6.54 Å². The van der Waals surface area contributed by atoms with Crippen molar-refractivity contribution in [2.75, 3.05) is 5.32 Å². The molecule has 92 valence electrons. The van der Waals surface area contributed by atoms with Crippen LogP contribution in [0.2, 0.25) is 0 Å². The quantitative estimate of drug-likeness (QED) is 0.687. The van der Waals surface area contributed by atoms with Crippen LogP contribution in [-0.2, 0) is 6.54 Å². The van der Waals surface area contributed by atoms with Crippen LogP contribution in [0.25, 0.3) is 0 Å². The number of hydrogen-bond acceptors (Lipinski definition) is 3. The van der Waals surface area contributed by atoms with Crippen molar-refractivity contribution in [1.82, 2.24) is 0 Å². The molecule has 4 nitrogen and oxygen atoms in total. The molecular formula is C13H11BrN2O2. The second kappa shape index (κ2) is 5.64. The number of nitro groups is 1. The van der Waals surface area contributed by atoms with Gasteiger partial charge in [-0.2, -0.15) is 0 Å². The molecule has 5 heteroatoms. The van der Waals surface area contributed by atoms with E-state index in [0.29, 0.717) is 16.7 Å². The highest BCUT2D eigenvalue weighted by molar-refractivity contribution is 9.10. The van der Waals surface area contributed by atoms with Gasteiger partial charge in [-0.1, -0.05) is 36.4 Å². The monoisotopic (exact) mass is 306 g/mol. The van der Waals surface area contributed by atoms with Crippen LogP contribution in [0.4, 0.5) is 11.4 Å². The van der Waals surface area contributed by atoms with Crippen LogP contribution in [0.5, 0.6) is 0 Å². The Bertz CT molecular complexity index is 558. The van der Waals surface area contributed by atoms with E-state index >= 15 is 0 Å². The minimum absolute atomic E-state index is 0.0634. The van der Waals surface area contributed by atoms with E-state index in [-0.39, 0.29) is 5.69 Å². The van der Waals surface area contributed by atoms with Gasteiger partial charge in [0.05, 0.1) is 9.40 Å². The van der Waals surface area contributed by atoms with E-state index in [2.05, 4.69) is 21.2 Å². The number of anilines is 1. The van der Waals surface area contributed by atoms with Crippen molar-refractivity contribution in [2.24, 2.45) is 0 Å². The highest BCUT2D eigenvalue weighted by Crippen LogP contribution is 2.32. The Morgan fingerprint density at radius 1 is 1.11 bits per heavy atom. The zero-order valence-electron chi connectivity index (χ0n) is 9.47. The largest absolute Gasteiger partial charge is 0.375 e. The molecule has 0 saturated heterocycles. The number of nitrogens with zero attached hydrogens (tertiary/aromatic N) is 1. The second-order valence-electron chi connectivity index (χ2n) is 3.73. The lowest BCUT2D eigenvalue weighted by atomic mass is 10.2. The van der Waals surface area contributed by atoms with Gasteiger partial charge >= 0.3 is 5.69 Å². The average Bonchev–Trinajstić information content (AvgIpc) is 2.37. The van der Waals surface area contributed by atoms with Crippen LogP contribution in [0.3, 0.4) is 0 Å². The highest BCUT2D eigenvalue weighted by Gasteiger charge is 2.17. The number of benzene rings is 2. The molecule has 0 unspecified atom stereocenters. The van der Waals surface area contributed by atoms with Crippen molar-refractivity contribution in [3.05, 3.63) is 68.7 Å². The molecule has 2 aromatic carbocycles. The zero-order valence-corrected chi connectivity index (χ0v) is 11.1. The SMILES string of the molecule is O=[N+]([O-])c1c(Br)cccc1NCc1ccccc1. The maximum absolute atomic E-state index is 11.0. The molecule has 2 rings (SSSR count). The topological polar surface area (TPSA) is 55.2 Å². The summed E-state index contributed by atoms with van der Waals surface area (Å²) >= 11 is 3.19. The molecule has 0 radical (unpaired) electrons. The summed E-state index contributed by atoms with van der Waals surface area (Å²) in [5.74, 6) is 0. The lowest BCUT2D eigenvalue weighted by Gasteiger charge is -2.07. The second-order valence-corrected chi connectivity index (χ2v) is 4.59. The normalized spacial score (nSPS) is 10.1. The van der Waals surface area contributed by atoms with Gasteiger partial charge in [0.1, 0.15) is 5.69 Å². The molecule has 0 bridgehead atoms. The number of hydrogen-bond donors (Lipinski definition) is 1. The lowest BCUT2D eigenvalue weighted by molar-refractivity contribution is -0.384. The third-order valence-corrected chi connectivity index (χ3v) is 3.14. The molecule has 0 heterocycles. The molecule has 2 aromatic rings. The summed E-state index contributed by atoms with van der Waals surface area (Å²) in [5.41, 5.74) is 1.65. The van der Waals surface area contributed by atoms with E-state index < -0.39 is 4.92 Å². The first-order valence-corrected chi connectivity index (χ1v) is 6.18. The van der Waals surface area contributed by atoms with E-state index in [1.54, 1.807) is 18.2 Å². The van der Waals surface area contributed by atoms with Gasteiger partial charge in [0.2, 0.25) is 0 Å². The maximum atomic E-state index is 11.0. The summed E-state index contributed by atoms with van der Waals surface area (Å²) in [5, 5.41) is 14.1. The third kappa shape index (κ3) is 2.87. The van der Waals surface area contributed by atoms with Crippen LogP contribution in [0.1, 0.15) is 5.56 Å². The lowest BCUT2D eigenvalue weighted by Crippen LogP contribution is -2.02. The van der Waals surface area contributed by atoms with Gasteiger partial charge in [-0.05, 0) is 33.6 Å². The van der Waals surface area contributed by atoms with Crippen molar-refractivity contribution in [3.63, 3.8) is 0 Å². The van der Waals surface area contributed by atoms with Crippen LogP contribution in [-0.4, -0.2) is 4.92 Å². The van der Waals surface area contributed by atoms with Crippen molar-refractivity contribution >= 4 is 27.3 Å². The first-order chi connectivity index (χ1) is 8.68. The number of rotatable bonds is 4. The smallest absolute Gasteiger partial charge is 0.306 e. The van der Waals surface area contributed by atoms with Gasteiger partial charge < -0.3 is 5.32 Å². The van der Waals surface area contributed by atoms with E-state index in [9.17, 15) is 10.1 Å². The summed E-state index contributed by atoms with van der Waals surface area (Å²) in [6.45, 7) is 0.554. The fraction of sp³-hybridized carbons (Fsp3) is 0.0769. The predicted octanol–water partition coefficient (Wildman–Crippen LogP) is 3.97. The zero-order chi connectivity index (χ0) is 13.0. The fourth-order valence-electron chi connectivity index (χ4n) is 1.64. The number of halogens is 1. The van der Waals surface area contributed by atoms with Gasteiger partial charge in [0.15, 0.2) is 0 Å². The Balaban J connectivity index is 2.20. The predicted molar refractivity (Wildman–Crippen MR) is 74.6 cm³/mol. The van der Waals surface area contributed by atoms with Crippen molar-refractivity contribution in [1.29, 1.82) is 0 Å².